The molecule has 0 radical (unpaired) electrons. The van der Waals surface area contributed by atoms with Crippen LogP contribution in [0.3, 0.4) is 0 Å². The SMILES string of the molecule is C[C@@H]1CN[C@@H](C)CN1C(c1ccc(F)c(F)c1)C1CC(F)(F)C1.Cl. The Kier molecular flexibility index (Phi) is 5.83. The monoisotopic (exact) mass is 366 g/mol. The number of alkyl halides is 2. The quantitative estimate of drug-likeness (QED) is 0.808. The molecule has 1 aliphatic carbocycles. The average molecular weight is 367 g/mol. The van der Waals surface area contributed by atoms with Crippen LogP contribution in [0.5, 0.6) is 0 Å². The fraction of sp³-hybridized carbons (Fsp3) is 0.647. The number of nitrogens with one attached hydrogen (secondary N) is 1. The molecule has 7 heteroatoms. The predicted molar refractivity (Wildman–Crippen MR) is 87.7 cm³/mol. The molecule has 1 aromatic carbocycles. The van der Waals surface area contributed by atoms with Crippen LogP contribution < -0.4 is 5.32 Å². The number of piperazine rings is 1. The topological polar surface area (TPSA) is 15.3 Å². The summed E-state index contributed by atoms with van der Waals surface area (Å²) in [6.07, 6.45) is -0.386. The molecule has 1 N–H and O–H groups in total. The Morgan fingerprint density at radius 2 is 1.83 bits per heavy atom. The van der Waals surface area contributed by atoms with Crippen molar-refractivity contribution in [1.82, 2.24) is 10.2 Å². The lowest BCUT2D eigenvalue weighted by atomic mass is 9.73. The summed E-state index contributed by atoms with van der Waals surface area (Å²) in [6.45, 7) is 5.52. The van der Waals surface area contributed by atoms with E-state index in [-0.39, 0.29) is 49.3 Å². The summed E-state index contributed by atoms with van der Waals surface area (Å²) in [5.41, 5.74) is 0.588. The van der Waals surface area contributed by atoms with Crippen molar-refractivity contribution >= 4 is 12.4 Å². The molecule has 0 spiro atoms. The summed E-state index contributed by atoms with van der Waals surface area (Å²) in [5, 5.41) is 3.36. The minimum absolute atomic E-state index is 0. The van der Waals surface area contributed by atoms with E-state index in [1.807, 2.05) is 13.8 Å². The highest BCUT2D eigenvalue weighted by Crippen LogP contribution is 2.50. The van der Waals surface area contributed by atoms with E-state index >= 15 is 0 Å². The summed E-state index contributed by atoms with van der Waals surface area (Å²) < 4.78 is 53.7. The largest absolute Gasteiger partial charge is 0.311 e. The smallest absolute Gasteiger partial charge is 0.248 e. The maximum atomic E-state index is 13.7. The molecule has 0 bridgehead atoms. The zero-order valence-electron chi connectivity index (χ0n) is 13.7. The van der Waals surface area contributed by atoms with E-state index in [0.29, 0.717) is 12.1 Å². The first-order valence-corrected chi connectivity index (χ1v) is 8.09. The van der Waals surface area contributed by atoms with Gasteiger partial charge in [0.25, 0.3) is 0 Å². The molecule has 24 heavy (non-hydrogen) atoms. The van der Waals surface area contributed by atoms with Crippen molar-refractivity contribution in [1.29, 1.82) is 0 Å². The van der Waals surface area contributed by atoms with Gasteiger partial charge in [-0.25, -0.2) is 17.6 Å². The Balaban J connectivity index is 0.00000208. The molecule has 2 nitrogen and oxygen atoms in total. The minimum Gasteiger partial charge on any atom is -0.311 e. The first kappa shape index (κ1) is 19.5. The number of benzene rings is 1. The van der Waals surface area contributed by atoms with Crippen molar-refractivity contribution in [3.05, 3.63) is 35.4 Å². The van der Waals surface area contributed by atoms with E-state index in [1.54, 1.807) is 0 Å². The minimum atomic E-state index is -2.63. The van der Waals surface area contributed by atoms with E-state index in [0.717, 1.165) is 18.7 Å². The molecule has 0 aromatic heterocycles. The van der Waals surface area contributed by atoms with E-state index in [4.69, 9.17) is 0 Å². The number of nitrogens with zero attached hydrogens (tertiary/aromatic N) is 1. The van der Waals surface area contributed by atoms with Crippen molar-refractivity contribution in [3.63, 3.8) is 0 Å². The van der Waals surface area contributed by atoms with Crippen LogP contribution in [0.1, 0.15) is 38.3 Å². The van der Waals surface area contributed by atoms with Crippen molar-refractivity contribution in [3.8, 4) is 0 Å². The zero-order valence-corrected chi connectivity index (χ0v) is 14.6. The van der Waals surface area contributed by atoms with Crippen LogP contribution in [0.4, 0.5) is 17.6 Å². The zero-order chi connectivity index (χ0) is 16.8. The van der Waals surface area contributed by atoms with Crippen LogP contribution in [0.2, 0.25) is 0 Å². The lowest BCUT2D eigenvalue weighted by Gasteiger charge is -2.49. The summed E-state index contributed by atoms with van der Waals surface area (Å²) >= 11 is 0. The number of rotatable bonds is 3. The Labute approximate surface area is 146 Å². The normalized spacial score (nSPS) is 28.8. The highest BCUT2D eigenvalue weighted by molar-refractivity contribution is 5.85. The molecule has 3 rings (SSSR count). The van der Waals surface area contributed by atoms with Crippen molar-refractivity contribution in [2.45, 2.75) is 50.7 Å². The van der Waals surface area contributed by atoms with Gasteiger partial charge in [0.2, 0.25) is 5.92 Å². The molecular formula is C17H23ClF4N2. The summed E-state index contributed by atoms with van der Waals surface area (Å²) in [7, 11) is 0. The summed E-state index contributed by atoms with van der Waals surface area (Å²) in [4.78, 5) is 2.16. The molecule has 1 heterocycles. The third kappa shape index (κ3) is 3.86. The Hall–Kier alpha value is -0.850. The summed E-state index contributed by atoms with van der Waals surface area (Å²) in [5.74, 6) is -4.70. The fourth-order valence-corrected chi connectivity index (χ4v) is 3.80. The highest BCUT2D eigenvalue weighted by atomic mass is 35.5. The number of hydrogen-bond donors (Lipinski definition) is 1. The highest BCUT2D eigenvalue weighted by Gasteiger charge is 2.51. The maximum Gasteiger partial charge on any atom is 0.248 e. The second-order valence-corrected chi connectivity index (χ2v) is 7.00. The lowest BCUT2D eigenvalue weighted by Crippen LogP contribution is -2.58. The first-order valence-electron chi connectivity index (χ1n) is 8.09. The van der Waals surface area contributed by atoms with E-state index < -0.39 is 17.6 Å². The van der Waals surface area contributed by atoms with Gasteiger partial charge < -0.3 is 5.32 Å². The molecule has 1 aromatic rings. The molecule has 2 fully saturated rings. The fourth-order valence-electron chi connectivity index (χ4n) is 3.80. The molecule has 136 valence electrons. The molecule has 1 unspecified atom stereocenters. The van der Waals surface area contributed by atoms with E-state index in [1.165, 1.54) is 6.07 Å². The third-order valence-corrected chi connectivity index (χ3v) is 5.02. The van der Waals surface area contributed by atoms with Gasteiger partial charge in [-0.2, -0.15) is 0 Å². The van der Waals surface area contributed by atoms with Crippen LogP contribution in [-0.2, 0) is 0 Å². The molecule has 0 amide bonds. The van der Waals surface area contributed by atoms with Crippen molar-refractivity contribution < 1.29 is 17.6 Å². The molecule has 1 aliphatic heterocycles. The Morgan fingerprint density at radius 1 is 1.17 bits per heavy atom. The summed E-state index contributed by atoms with van der Waals surface area (Å²) in [6, 6.07) is 3.86. The van der Waals surface area contributed by atoms with Gasteiger partial charge in [0.05, 0.1) is 0 Å². The van der Waals surface area contributed by atoms with Gasteiger partial charge in [0, 0.05) is 44.1 Å². The van der Waals surface area contributed by atoms with Gasteiger partial charge in [0.15, 0.2) is 11.6 Å². The van der Waals surface area contributed by atoms with Gasteiger partial charge >= 0.3 is 0 Å². The van der Waals surface area contributed by atoms with Gasteiger partial charge in [-0.1, -0.05) is 6.07 Å². The standard InChI is InChI=1S/C17H22F4N2.ClH/c1-10-9-23(11(2)8-22-10)16(13-6-17(20,21)7-13)12-3-4-14(18)15(19)5-12;/h3-5,10-11,13,16,22H,6-9H2,1-2H3;1H/t10-,11+,16?;/m0./s1. The third-order valence-electron chi connectivity index (χ3n) is 5.02. The van der Waals surface area contributed by atoms with E-state index in [9.17, 15) is 17.6 Å². The van der Waals surface area contributed by atoms with Crippen LogP contribution >= 0.6 is 12.4 Å². The van der Waals surface area contributed by atoms with Crippen LogP contribution in [0.15, 0.2) is 18.2 Å². The second-order valence-electron chi connectivity index (χ2n) is 7.00. The predicted octanol–water partition coefficient (Wildman–Crippen LogP) is 4.16. The Bertz CT molecular complexity index is 576. The number of halogens is 5. The van der Waals surface area contributed by atoms with Gasteiger partial charge in [-0.3, -0.25) is 4.90 Å². The molecule has 3 atom stereocenters. The van der Waals surface area contributed by atoms with Crippen LogP contribution in [0.25, 0.3) is 0 Å². The number of hydrogen-bond acceptors (Lipinski definition) is 2. The lowest BCUT2D eigenvalue weighted by molar-refractivity contribution is -0.137. The van der Waals surface area contributed by atoms with E-state index in [2.05, 4.69) is 10.2 Å². The average Bonchev–Trinajstić information content (AvgIpc) is 2.45. The molecule has 1 saturated carbocycles. The van der Waals surface area contributed by atoms with Gasteiger partial charge in [-0.15, -0.1) is 12.4 Å². The molecule has 2 aliphatic rings. The van der Waals surface area contributed by atoms with Crippen molar-refractivity contribution in [2.75, 3.05) is 13.1 Å². The molecule has 1 saturated heterocycles. The Morgan fingerprint density at radius 3 is 2.42 bits per heavy atom. The van der Waals surface area contributed by atoms with Gasteiger partial charge in [0.1, 0.15) is 0 Å². The van der Waals surface area contributed by atoms with Crippen molar-refractivity contribution in [2.24, 2.45) is 5.92 Å². The molecular weight excluding hydrogens is 344 g/mol. The van der Waals surface area contributed by atoms with Gasteiger partial charge in [-0.05, 0) is 37.5 Å². The van der Waals surface area contributed by atoms with Crippen LogP contribution in [0, 0.1) is 17.6 Å². The van der Waals surface area contributed by atoms with Crippen LogP contribution in [-0.4, -0.2) is 36.0 Å². The first-order chi connectivity index (χ1) is 10.8. The second kappa shape index (κ2) is 7.18. The maximum absolute atomic E-state index is 13.7.